The molecule has 0 unspecified atom stereocenters. The summed E-state index contributed by atoms with van der Waals surface area (Å²) in [5, 5.41) is 0. The Labute approximate surface area is 132 Å². The van der Waals surface area contributed by atoms with Crippen LogP contribution >= 0.6 is 0 Å². The van der Waals surface area contributed by atoms with Gasteiger partial charge in [-0.2, -0.15) is 0 Å². The number of carbonyl (C=O) groups excluding carboxylic acids is 1. The zero-order valence-electron chi connectivity index (χ0n) is 13.4. The maximum absolute atomic E-state index is 11.8. The lowest BCUT2D eigenvalue weighted by Gasteiger charge is -2.34. The first kappa shape index (κ1) is 16.2. The molecule has 2 aromatic rings. The van der Waals surface area contributed by atoms with Gasteiger partial charge in [-0.15, -0.1) is 0 Å². The van der Waals surface area contributed by atoms with Crippen LogP contribution in [0, 0.1) is 0 Å². The van der Waals surface area contributed by atoms with E-state index in [0.717, 1.165) is 0 Å². The summed E-state index contributed by atoms with van der Waals surface area (Å²) >= 11 is 0. The Bertz CT molecular complexity index is 537. The smallest absolute Gasteiger partial charge is 0.319 e. The lowest BCUT2D eigenvalue weighted by molar-refractivity contribution is -0.143. The summed E-state index contributed by atoms with van der Waals surface area (Å²) in [4.78, 5) is 14.0. The Morgan fingerprint density at radius 1 is 0.909 bits per heavy atom. The van der Waals surface area contributed by atoms with Crippen LogP contribution in [0.3, 0.4) is 0 Å². The van der Waals surface area contributed by atoms with Crippen LogP contribution in [0.4, 0.5) is 0 Å². The molecule has 0 aromatic heterocycles. The number of hydrogen-bond donors (Lipinski definition) is 0. The van der Waals surface area contributed by atoms with Crippen LogP contribution in [-0.2, 0) is 9.53 Å². The number of ether oxygens (including phenoxy) is 1. The van der Waals surface area contributed by atoms with Gasteiger partial charge in [-0.25, -0.2) is 0 Å². The highest BCUT2D eigenvalue weighted by Crippen LogP contribution is 2.29. The first-order valence-corrected chi connectivity index (χ1v) is 7.56. The SMILES string of the molecule is COC(=O)CN([C@H](C)c1ccccc1)[C@H](C)c1ccccc1. The molecular weight excluding hydrogens is 274 g/mol. The average molecular weight is 297 g/mol. The molecule has 3 heteroatoms. The molecule has 0 bridgehead atoms. The fourth-order valence-electron chi connectivity index (χ4n) is 2.67. The Kier molecular flexibility index (Phi) is 5.73. The van der Waals surface area contributed by atoms with E-state index in [9.17, 15) is 4.79 Å². The molecule has 3 nitrogen and oxygen atoms in total. The van der Waals surface area contributed by atoms with E-state index >= 15 is 0 Å². The Morgan fingerprint density at radius 3 is 1.68 bits per heavy atom. The van der Waals surface area contributed by atoms with Gasteiger partial charge >= 0.3 is 5.97 Å². The predicted octanol–water partition coefficient (Wildman–Crippen LogP) is 3.98. The van der Waals surface area contributed by atoms with E-state index in [2.05, 4.69) is 43.0 Å². The molecule has 2 rings (SSSR count). The highest BCUT2D eigenvalue weighted by Gasteiger charge is 2.25. The number of hydrogen-bond acceptors (Lipinski definition) is 3. The molecule has 22 heavy (non-hydrogen) atoms. The third kappa shape index (κ3) is 3.95. The minimum absolute atomic E-state index is 0.121. The van der Waals surface area contributed by atoms with Crippen molar-refractivity contribution in [1.82, 2.24) is 4.90 Å². The Morgan fingerprint density at radius 2 is 1.32 bits per heavy atom. The summed E-state index contributed by atoms with van der Waals surface area (Å²) in [5.74, 6) is -0.217. The summed E-state index contributed by atoms with van der Waals surface area (Å²) in [6, 6.07) is 20.7. The van der Waals surface area contributed by atoms with E-state index in [0.29, 0.717) is 0 Å². The van der Waals surface area contributed by atoms with Crippen molar-refractivity contribution in [2.24, 2.45) is 0 Å². The minimum atomic E-state index is -0.217. The van der Waals surface area contributed by atoms with Crippen LogP contribution in [0.1, 0.15) is 37.1 Å². The van der Waals surface area contributed by atoms with Crippen molar-refractivity contribution >= 4 is 5.97 Å². The zero-order valence-corrected chi connectivity index (χ0v) is 13.4. The second kappa shape index (κ2) is 7.76. The molecule has 0 radical (unpaired) electrons. The van der Waals surface area contributed by atoms with Crippen LogP contribution in [0.25, 0.3) is 0 Å². The van der Waals surface area contributed by atoms with Crippen LogP contribution in [0.15, 0.2) is 60.7 Å². The summed E-state index contributed by atoms with van der Waals surface area (Å²) in [6.45, 7) is 4.51. The highest BCUT2D eigenvalue weighted by molar-refractivity contribution is 5.71. The van der Waals surface area contributed by atoms with Gasteiger partial charge in [0.1, 0.15) is 0 Å². The standard InChI is InChI=1S/C19H23NO2/c1-15(17-10-6-4-7-11-17)20(14-19(21)22-3)16(2)18-12-8-5-9-13-18/h4-13,15-16H,14H2,1-3H3/t15-,16-/m1/s1. The lowest BCUT2D eigenvalue weighted by atomic mass is 10.0. The largest absolute Gasteiger partial charge is 0.468 e. The summed E-state index contributed by atoms with van der Waals surface area (Å²) in [5.41, 5.74) is 2.38. The first-order chi connectivity index (χ1) is 10.6. The molecule has 0 amide bonds. The zero-order chi connectivity index (χ0) is 15.9. The van der Waals surface area contributed by atoms with E-state index < -0.39 is 0 Å². The van der Waals surface area contributed by atoms with Gasteiger partial charge in [0.05, 0.1) is 13.7 Å². The van der Waals surface area contributed by atoms with Gasteiger partial charge in [-0.3, -0.25) is 9.69 Å². The Hall–Kier alpha value is -2.13. The molecule has 0 spiro atoms. The molecular formula is C19H23NO2. The molecule has 116 valence electrons. The van der Waals surface area contributed by atoms with Gasteiger partial charge in [0.15, 0.2) is 0 Å². The fourth-order valence-corrected chi connectivity index (χ4v) is 2.67. The molecule has 0 N–H and O–H groups in total. The monoisotopic (exact) mass is 297 g/mol. The van der Waals surface area contributed by atoms with Crippen LogP contribution in [-0.4, -0.2) is 24.5 Å². The van der Waals surface area contributed by atoms with Gasteiger partial charge in [0, 0.05) is 12.1 Å². The van der Waals surface area contributed by atoms with Crippen molar-refractivity contribution in [3.63, 3.8) is 0 Å². The number of benzene rings is 2. The van der Waals surface area contributed by atoms with Gasteiger partial charge in [0.2, 0.25) is 0 Å². The summed E-state index contributed by atoms with van der Waals surface area (Å²) in [6.07, 6.45) is 0. The Balaban J connectivity index is 2.28. The second-order valence-corrected chi connectivity index (χ2v) is 5.42. The van der Waals surface area contributed by atoms with E-state index in [-0.39, 0.29) is 24.6 Å². The van der Waals surface area contributed by atoms with Gasteiger partial charge in [0.25, 0.3) is 0 Å². The fraction of sp³-hybridized carbons (Fsp3) is 0.316. The number of esters is 1. The summed E-state index contributed by atoms with van der Waals surface area (Å²) < 4.78 is 4.87. The van der Waals surface area contributed by atoms with Crippen molar-refractivity contribution in [1.29, 1.82) is 0 Å². The minimum Gasteiger partial charge on any atom is -0.468 e. The molecule has 0 heterocycles. The lowest BCUT2D eigenvalue weighted by Crippen LogP contribution is -2.35. The predicted molar refractivity (Wildman–Crippen MR) is 88.4 cm³/mol. The quantitative estimate of drug-likeness (QED) is 0.755. The van der Waals surface area contributed by atoms with Gasteiger partial charge in [-0.1, -0.05) is 60.7 Å². The first-order valence-electron chi connectivity index (χ1n) is 7.56. The normalized spacial score (nSPS) is 13.6. The second-order valence-electron chi connectivity index (χ2n) is 5.42. The van der Waals surface area contributed by atoms with Crippen molar-refractivity contribution in [3.05, 3.63) is 71.8 Å². The topological polar surface area (TPSA) is 29.5 Å². The summed E-state index contributed by atoms with van der Waals surface area (Å²) in [7, 11) is 1.43. The van der Waals surface area contributed by atoms with Crippen molar-refractivity contribution in [2.45, 2.75) is 25.9 Å². The molecule has 0 aliphatic rings. The number of carbonyl (C=O) groups is 1. The van der Waals surface area contributed by atoms with E-state index in [1.54, 1.807) is 0 Å². The maximum Gasteiger partial charge on any atom is 0.319 e. The van der Waals surface area contributed by atoms with Crippen molar-refractivity contribution in [2.75, 3.05) is 13.7 Å². The van der Waals surface area contributed by atoms with Gasteiger partial charge < -0.3 is 4.74 Å². The molecule has 2 atom stereocenters. The molecule has 0 aliphatic carbocycles. The number of rotatable bonds is 6. The maximum atomic E-state index is 11.8. The van der Waals surface area contributed by atoms with Crippen molar-refractivity contribution < 1.29 is 9.53 Å². The van der Waals surface area contributed by atoms with E-state index in [1.165, 1.54) is 18.2 Å². The molecule has 0 fully saturated rings. The molecule has 0 saturated carbocycles. The average Bonchev–Trinajstić information content (AvgIpc) is 2.59. The van der Waals surface area contributed by atoms with Crippen LogP contribution in [0.2, 0.25) is 0 Å². The van der Waals surface area contributed by atoms with Crippen LogP contribution < -0.4 is 0 Å². The van der Waals surface area contributed by atoms with Crippen LogP contribution in [0.5, 0.6) is 0 Å². The highest BCUT2D eigenvalue weighted by atomic mass is 16.5. The number of methoxy groups -OCH3 is 1. The van der Waals surface area contributed by atoms with E-state index in [1.807, 2.05) is 36.4 Å². The van der Waals surface area contributed by atoms with Crippen molar-refractivity contribution in [3.8, 4) is 0 Å². The van der Waals surface area contributed by atoms with E-state index in [4.69, 9.17) is 4.74 Å². The van der Waals surface area contributed by atoms with Gasteiger partial charge in [-0.05, 0) is 25.0 Å². The third-order valence-corrected chi connectivity index (χ3v) is 4.10. The molecule has 0 saturated heterocycles. The third-order valence-electron chi connectivity index (χ3n) is 4.10. The molecule has 0 aliphatic heterocycles. The number of nitrogens with zero attached hydrogens (tertiary/aromatic N) is 1. The molecule has 2 aromatic carbocycles.